The van der Waals surface area contributed by atoms with E-state index in [1.807, 2.05) is 6.92 Å². The third-order valence-corrected chi connectivity index (χ3v) is 11.3. The number of esters is 1. The minimum absolute atomic E-state index is 0.00663. The van der Waals surface area contributed by atoms with Gasteiger partial charge in [0.05, 0.1) is 11.5 Å². The highest BCUT2D eigenvalue weighted by Crippen LogP contribution is 2.71. The Balaban J connectivity index is 1.42. The van der Waals surface area contributed by atoms with E-state index in [4.69, 9.17) is 4.74 Å². The molecule has 0 bridgehead atoms. The van der Waals surface area contributed by atoms with E-state index in [9.17, 15) is 19.5 Å². The van der Waals surface area contributed by atoms with Crippen molar-refractivity contribution in [3.63, 3.8) is 0 Å². The van der Waals surface area contributed by atoms with Gasteiger partial charge in [-0.3, -0.25) is 14.4 Å². The fraction of sp³-hybridized carbons (Fsp3) is 0.774. The minimum atomic E-state index is -1.07. The summed E-state index contributed by atoms with van der Waals surface area (Å²) in [5, 5.41) is 15.2. The zero-order valence-electron chi connectivity index (χ0n) is 23.5. The van der Waals surface area contributed by atoms with Crippen molar-refractivity contribution in [1.29, 1.82) is 0 Å². The topological polar surface area (TPSA) is 92.7 Å². The minimum Gasteiger partial charge on any atom is -0.462 e. The maximum Gasteiger partial charge on any atom is 0.302 e. The number of carbonyl (C=O) groups excluding carboxylic acids is 3. The molecule has 0 aromatic heterocycles. The van der Waals surface area contributed by atoms with Gasteiger partial charge in [-0.2, -0.15) is 0 Å². The maximum atomic E-state index is 13.5. The van der Waals surface area contributed by atoms with Crippen LogP contribution in [-0.4, -0.2) is 41.0 Å². The van der Waals surface area contributed by atoms with Crippen LogP contribution in [-0.2, 0) is 19.1 Å². The second-order valence-corrected chi connectivity index (χ2v) is 13.5. The van der Waals surface area contributed by atoms with Crippen molar-refractivity contribution in [2.24, 2.45) is 40.4 Å². The molecular weight excluding hydrogens is 466 g/mol. The van der Waals surface area contributed by atoms with Crippen molar-refractivity contribution < 1.29 is 24.2 Å². The van der Waals surface area contributed by atoms with E-state index < -0.39 is 11.5 Å². The lowest BCUT2D eigenvalue weighted by Gasteiger charge is -2.57. The summed E-state index contributed by atoms with van der Waals surface area (Å²) in [6, 6.07) is 0. The number of hydrogen-bond acceptors (Lipinski definition) is 5. The van der Waals surface area contributed by atoms with E-state index in [0.717, 1.165) is 49.7 Å². The number of aliphatic hydroxyl groups is 1. The Kier molecular flexibility index (Phi) is 6.53. The number of nitrogens with one attached hydrogen (secondary N) is 1. The summed E-state index contributed by atoms with van der Waals surface area (Å²) in [7, 11) is 0. The highest BCUT2D eigenvalue weighted by Gasteiger charge is 2.68. The zero-order valence-corrected chi connectivity index (χ0v) is 23.5. The SMILES string of the molecule is CC(=O)NC[C@H](C)C[C@H]1C(=O)C(C)=C2[C@@]3(C)CC[C@H]4[C@@H](CC=C5C[C@@H](OC(C)=O)CC[C@@]54C)[C@@H]3C[C@]21O. The molecule has 5 aliphatic carbocycles. The fourth-order valence-electron chi connectivity index (χ4n) is 9.68. The molecule has 37 heavy (non-hydrogen) atoms. The fourth-order valence-corrected chi connectivity index (χ4v) is 9.68. The molecule has 0 heterocycles. The van der Waals surface area contributed by atoms with Crippen LogP contribution in [0.5, 0.6) is 0 Å². The number of carbonyl (C=O) groups is 3. The van der Waals surface area contributed by atoms with Crippen LogP contribution in [0, 0.1) is 40.4 Å². The van der Waals surface area contributed by atoms with Crippen molar-refractivity contribution in [3.05, 3.63) is 22.8 Å². The first-order chi connectivity index (χ1) is 17.3. The first kappa shape index (κ1) is 26.6. The molecule has 204 valence electrons. The molecule has 2 N–H and O–H groups in total. The molecule has 5 rings (SSSR count). The molecule has 0 saturated heterocycles. The molecule has 0 unspecified atom stereocenters. The van der Waals surface area contributed by atoms with Crippen molar-refractivity contribution in [2.45, 2.75) is 105 Å². The average molecular weight is 512 g/mol. The quantitative estimate of drug-likeness (QED) is 0.405. The summed E-state index contributed by atoms with van der Waals surface area (Å²) in [5.41, 5.74) is 2.18. The summed E-state index contributed by atoms with van der Waals surface area (Å²) < 4.78 is 5.59. The first-order valence-corrected chi connectivity index (χ1v) is 14.4. The predicted molar refractivity (Wildman–Crippen MR) is 141 cm³/mol. The smallest absolute Gasteiger partial charge is 0.302 e. The van der Waals surface area contributed by atoms with Crippen LogP contribution < -0.4 is 5.32 Å². The van der Waals surface area contributed by atoms with Gasteiger partial charge in [-0.15, -0.1) is 0 Å². The van der Waals surface area contributed by atoms with Gasteiger partial charge in [-0.1, -0.05) is 32.4 Å². The molecule has 0 aromatic carbocycles. The number of hydrogen-bond donors (Lipinski definition) is 2. The third kappa shape index (κ3) is 4.04. The number of Topliss-reactive ketones (excluding diaryl/α,β-unsaturated/α-hetero) is 1. The van der Waals surface area contributed by atoms with Crippen LogP contribution in [0.15, 0.2) is 22.8 Å². The van der Waals surface area contributed by atoms with Gasteiger partial charge in [0, 0.05) is 26.8 Å². The van der Waals surface area contributed by atoms with E-state index in [-0.39, 0.29) is 40.5 Å². The van der Waals surface area contributed by atoms with Gasteiger partial charge < -0.3 is 15.2 Å². The highest BCUT2D eigenvalue weighted by molar-refractivity contribution is 6.02. The second-order valence-electron chi connectivity index (χ2n) is 13.5. The van der Waals surface area contributed by atoms with E-state index in [1.165, 1.54) is 19.4 Å². The molecule has 6 nitrogen and oxygen atoms in total. The van der Waals surface area contributed by atoms with Crippen LogP contribution >= 0.6 is 0 Å². The van der Waals surface area contributed by atoms with E-state index in [0.29, 0.717) is 37.1 Å². The third-order valence-electron chi connectivity index (χ3n) is 11.3. The molecule has 0 radical (unpaired) electrons. The van der Waals surface area contributed by atoms with Crippen LogP contribution in [0.2, 0.25) is 0 Å². The summed E-state index contributed by atoms with van der Waals surface area (Å²) in [6.45, 7) is 12.3. The van der Waals surface area contributed by atoms with Crippen LogP contribution in [0.25, 0.3) is 0 Å². The Labute approximate surface area is 221 Å². The van der Waals surface area contributed by atoms with E-state index in [1.54, 1.807) is 0 Å². The van der Waals surface area contributed by atoms with Crippen LogP contribution in [0.3, 0.4) is 0 Å². The van der Waals surface area contributed by atoms with Crippen molar-refractivity contribution in [3.8, 4) is 0 Å². The lowest BCUT2D eigenvalue weighted by molar-refractivity contribution is -0.148. The molecule has 6 heteroatoms. The number of allylic oxidation sites excluding steroid dienone is 2. The summed E-state index contributed by atoms with van der Waals surface area (Å²) in [5.74, 6) is 0.935. The predicted octanol–water partition coefficient (Wildman–Crippen LogP) is 4.90. The number of fused-ring (bicyclic) bond motifs is 7. The highest BCUT2D eigenvalue weighted by atomic mass is 16.5. The second kappa shape index (κ2) is 9.07. The largest absolute Gasteiger partial charge is 0.462 e. The summed E-state index contributed by atoms with van der Waals surface area (Å²) >= 11 is 0. The normalized spacial score (nSPS) is 43.3. The Morgan fingerprint density at radius 1 is 1.16 bits per heavy atom. The molecule has 0 aliphatic heterocycles. The number of ketones is 1. The van der Waals surface area contributed by atoms with Crippen LogP contribution in [0.1, 0.15) is 92.9 Å². The summed E-state index contributed by atoms with van der Waals surface area (Å²) in [4.78, 5) is 36.5. The first-order valence-electron chi connectivity index (χ1n) is 14.4. The van der Waals surface area contributed by atoms with Crippen LogP contribution in [0.4, 0.5) is 0 Å². The monoisotopic (exact) mass is 511 g/mol. The van der Waals surface area contributed by atoms with Gasteiger partial charge >= 0.3 is 5.97 Å². The number of rotatable bonds is 5. The standard InChI is InChI=1S/C31H45NO5/c1-17(16-32-19(3)33)13-25-27(35)18(2)28-30(6)12-10-24-23(26(30)15-31(25,28)36)8-7-21-14-22(37-20(4)34)9-11-29(21,24)5/h7,17,22-26,36H,8-16H2,1-6H3,(H,32,33)/t17-,22+,23-,24+,25+,26+,29+,30+,31-/m1/s1. The average Bonchev–Trinajstić information content (AvgIpc) is 3.17. The number of ether oxygens (including phenoxy) is 1. The van der Waals surface area contributed by atoms with Gasteiger partial charge in [0.1, 0.15) is 6.10 Å². The van der Waals surface area contributed by atoms with Crippen molar-refractivity contribution >= 4 is 17.7 Å². The molecule has 3 saturated carbocycles. The van der Waals surface area contributed by atoms with E-state index >= 15 is 0 Å². The Bertz CT molecular complexity index is 1080. The van der Waals surface area contributed by atoms with Gasteiger partial charge in [0.2, 0.25) is 5.91 Å². The van der Waals surface area contributed by atoms with Gasteiger partial charge in [0.25, 0.3) is 0 Å². The maximum absolute atomic E-state index is 13.5. The molecule has 5 aliphatic rings. The van der Waals surface area contributed by atoms with Gasteiger partial charge in [-0.25, -0.2) is 0 Å². The van der Waals surface area contributed by atoms with Crippen molar-refractivity contribution in [1.82, 2.24) is 5.32 Å². The van der Waals surface area contributed by atoms with E-state index in [2.05, 4.69) is 32.2 Å². The molecule has 1 amide bonds. The molecule has 3 fully saturated rings. The Hall–Kier alpha value is -1.95. The molecule has 0 aromatic rings. The van der Waals surface area contributed by atoms with Crippen molar-refractivity contribution in [2.75, 3.05) is 6.54 Å². The van der Waals surface area contributed by atoms with Gasteiger partial charge in [0.15, 0.2) is 5.78 Å². The zero-order chi connectivity index (χ0) is 26.9. The molecule has 0 spiro atoms. The summed E-state index contributed by atoms with van der Waals surface area (Å²) in [6.07, 6.45) is 9.58. The molecular formula is C31H45NO5. The van der Waals surface area contributed by atoms with Gasteiger partial charge in [-0.05, 0) is 97.5 Å². The Morgan fingerprint density at radius 3 is 2.54 bits per heavy atom. The lowest BCUT2D eigenvalue weighted by atomic mass is 9.47. The lowest BCUT2D eigenvalue weighted by Crippen LogP contribution is -2.49. The number of amides is 1. The molecule has 9 atom stereocenters. The Morgan fingerprint density at radius 2 is 1.86 bits per heavy atom.